The van der Waals surface area contributed by atoms with E-state index in [4.69, 9.17) is 5.73 Å². The Kier molecular flexibility index (Phi) is 2.81. The van der Waals surface area contributed by atoms with Crippen molar-refractivity contribution in [2.24, 2.45) is 11.1 Å². The predicted octanol–water partition coefficient (Wildman–Crippen LogP) is -1.06. The molecular weight excluding hydrogens is 222 g/mol. The molecule has 17 heavy (non-hydrogen) atoms. The van der Waals surface area contributed by atoms with Gasteiger partial charge in [-0.1, -0.05) is 0 Å². The molecule has 1 spiro atoms. The van der Waals surface area contributed by atoms with Gasteiger partial charge in [0.2, 0.25) is 17.7 Å². The molecule has 6 nitrogen and oxygen atoms in total. The number of carbonyl (C=O) groups is 3. The van der Waals surface area contributed by atoms with Crippen molar-refractivity contribution in [2.75, 3.05) is 26.2 Å². The predicted molar refractivity (Wildman–Crippen MR) is 59.7 cm³/mol. The van der Waals surface area contributed by atoms with Crippen molar-refractivity contribution in [2.45, 2.75) is 19.8 Å². The number of nitrogens with zero attached hydrogens (tertiary/aromatic N) is 2. The van der Waals surface area contributed by atoms with Gasteiger partial charge in [-0.25, -0.2) is 0 Å². The van der Waals surface area contributed by atoms with E-state index in [0.717, 1.165) is 0 Å². The van der Waals surface area contributed by atoms with Gasteiger partial charge in [-0.2, -0.15) is 0 Å². The largest absolute Gasteiger partial charge is 0.368 e. The standard InChI is InChI=1S/C11H17N3O3/c1-8(15)13-4-2-11(3-5-13)7-14(10(11)17)6-9(12)16/h2-7H2,1H3,(H2,12,16). The van der Waals surface area contributed by atoms with E-state index < -0.39 is 5.91 Å². The number of piperidine rings is 1. The Morgan fingerprint density at radius 3 is 2.35 bits per heavy atom. The van der Waals surface area contributed by atoms with Crippen molar-refractivity contribution in [1.29, 1.82) is 0 Å². The molecule has 0 atom stereocenters. The van der Waals surface area contributed by atoms with E-state index >= 15 is 0 Å². The molecule has 2 saturated heterocycles. The van der Waals surface area contributed by atoms with Crippen LogP contribution in [0.1, 0.15) is 19.8 Å². The Labute approximate surface area is 99.7 Å². The van der Waals surface area contributed by atoms with Crippen LogP contribution in [-0.2, 0) is 14.4 Å². The molecule has 0 radical (unpaired) electrons. The van der Waals surface area contributed by atoms with Gasteiger partial charge in [0.15, 0.2) is 0 Å². The van der Waals surface area contributed by atoms with Crippen LogP contribution in [0.5, 0.6) is 0 Å². The lowest BCUT2D eigenvalue weighted by atomic mass is 9.71. The SMILES string of the molecule is CC(=O)N1CCC2(CC1)CN(CC(N)=O)C2=O. The Morgan fingerprint density at radius 2 is 1.94 bits per heavy atom. The molecule has 2 fully saturated rings. The molecule has 0 unspecified atom stereocenters. The van der Waals surface area contributed by atoms with E-state index in [9.17, 15) is 14.4 Å². The number of primary amides is 1. The zero-order valence-corrected chi connectivity index (χ0v) is 9.94. The zero-order chi connectivity index (χ0) is 12.6. The topological polar surface area (TPSA) is 83.7 Å². The minimum atomic E-state index is -0.477. The summed E-state index contributed by atoms with van der Waals surface area (Å²) in [5.41, 5.74) is 4.73. The number of hydrogen-bond acceptors (Lipinski definition) is 3. The maximum atomic E-state index is 12.0. The molecule has 0 saturated carbocycles. The molecule has 6 heteroatoms. The summed E-state index contributed by atoms with van der Waals surface area (Å²) in [5, 5.41) is 0. The average molecular weight is 239 g/mol. The Morgan fingerprint density at radius 1 is 1.35 bits per heavy atom. The van der Waals surface area contributed by atoms with Crippen molar-refractivity contribution in [3.8, 4) is 0 Å². The third-order valence-corrected chi connectivity index (χ3v) is 3.75. The van der Waals surface area contributed by atoms with Crippen LogP contribution in [0.25, 0.3) is 0 Å². The van der Waals surface area contributed by atoms with E-state index in [-0.39, 0.29) is 23.8 Å². The van der Waals surface area contributed by atoms with E-state index in [1.807, 2.05) is 0 Å². The molecule has 2 aliphatic heterocycles. The minimum Gasteiger partial charge on any atom is -0.368 e. The number of amides is 3. The first-order valence-electron chi connectivity index (χ1n) is 5.78. The number of likely N-dealkylation sites (tertiary alicyclic amines) is 2. The number of hydrogen-bond donors (Lipinski definition) is 1. The maximum absolute atomic E-state index is 12.0. The summed E-state index contributed by atoms with van der Waals surface area (Å²) in [5.74, 6) is -0.408. The summed E-state index contributed by atoms with van der Waals surface area (Å²) in [6, 6.07) is 0. The van der Waals surface area contributed by atoms with Gasteiger partial charge in [-0.3, -0.25) is 14.4 Å². The number of carbonyl (C=O) groups excluding carboxylic acids is 3. The number of nitrogens with two attached hydrogens (primary N) is 1. The summed E-state index contributed by atoms with van der Waals surface area (Å²) in [6.07, 6.45) is 1.39. The van der Waals surface area contributed by atoms with Crippen molar-refractivity contribution in [3.05, 3.63) is 0 Å². The summed E-state index contributed by atoms with van der Waals surface area (Å²) < 4.78 is 0. The molecule has 2 N–H and O–H groups in total. The second-order valence-electron chi connectivity index (χ2n) is 4.91. The molecule has 0 bridgehead atoms. The first-order valence-corrected chi connectivity index (χ1v) is 5.78. The number of rotatable bonds is 2. The monoisotopic (exact) mass is 239 g/mol. The van der Waals surface area contributed by atoms with Gasteiger partial charge in [0.1, 0.15) is 0 Å². The Hall–Kier alpha value is -1.59. The third-order valence-electron chi connectivity index (χ3n) is 3.75. The van der Waals surface area contributed by atoms with Gasteiger partial charge < -0.3 is 15.5 Å². The quantitative estimate of drug-likeness (QED) is 0.624. The summed E-state index contributed by atoms with van der Waals surface area (Å²) in [7, 11) is 0. The van der Waals surface area contributed by atoms with Crippen molar-refractivity contribution >= 4 is 17.7 Å². The summed E-state index contributed by atoms with van der Waals surface area (Å²) in [6.45, 7) is 3.41. The van der Waals surface area contributed by atoms with E-state index in [1.54, 1.807) is 11.8 Å². The zero-order valence-electron chi connectivity index (χ0n) is 9.94. The highest BCUT2D eigenvalue weighted by atomic mass is 16.2. The van der Waals surface area contributed by atoms with Gasteiger partial charge in [0, 0.05) is 26.6 Å². The molecule has 0 aromatic heterocycles. The normalized spacial score (nSPS) is 22.5. The average Bonchev–Trinajstić information content (AvgIpc) is 2.28. The summed E-state index contributed by atoms with van der Waals surface area (Å²) in [4.78, 5) is 37.1. The fraction of sp³-hybridized carbons (Fsp3) is 0.727. The fourth-order valence-corrected chi connectivity index (χ4v) is 2.69. The van der Waals surface area contributed by atoms with Crippen molar-refractivity contribution in [3.63, 3.8) is 0 Å². The first kappa shape index (κ1) is 11.9. The van der Waals surface area contributed by atoms with Gasteiger partial charge in [0.05, 0.1) is 12.0 Å². The molecule has 2 rings (SSSR count). The first-order chi connectivity index (χ1) is 7.94. The third kappa shape index (κ3) is 1.99. The van der Waals surface area contributed by atoms with Crippen LogP contribution in [0.3, 0.4) is 0 Å². The lowest BCUT2D eigenvalue weighted by Crippen LogP contribution is -2.66. The van der Waals surface area contributed by atoms with Crippen LogP contribution in [0.4, 0.5) is 0 Å². The fourth-order valence-electron chi connectivity index (χ4n) is 2.69. The van der Waals surface area contributed by atoms with E-state index in [1.165, 1.54) is 4.90 Å². The molecule has 94 valence electrons. The van der Waals surface area contributed by atoms with E-state index in [0.29, 0.717) is 32.5 Å². The lowest BCUT2D eigenvalue weighted by molar-refractivity contribution is -0.168. The van der Waals surface area contributed by atoms with Gasteiger partial charge in [-0.15, -0.1) is 0 Å². The summed E-state index contributed by atoms with van der Waals surface area (Å²) >= 11 is 0. The molecule has 2 aliphatic rings. The highest BCUT2D eigenvalue weighted by Gasteiger charge is 2.53. The maximum Gasteiger partial charge on any atom is 0.237 e. The second-order valence-corrected chi connectivity index (χ2v) is 4.91. The van der Waals surface area contributed by atoms with Gasteiger partial charge >= 0.3 is 0 Å². The van der Waals surface area contributed by atoms with Crippen LogP contribution in [0, 0.1) is 5.41 Å². The number of β-lactam (4-membered cyclic amide) rings is 1. The van der Waals surface area contributed by atoms with Crippen LogP contribution >= 0.6 is 0 Å². The molecule has 3 amide bonds. The lowest BCUT2D eigenvalue weighted by Gasteiger charge is -2.52. The molecule has 0 aromatic rings. The molecule has 0 aliphatic carbocycles. The van der Waals surface area contributed by atoms with Crippen LogP contribution in [0.15, 0.2) is 0 Å². The van der Waals surface area contributed by atoms with Gasteiger partial charge in [-0.05, 0) is 12.8 Å². The van der Waals surface area contributed by atoms with Crippen molar-refractivity contribution in [1.82, 2.24) is 9.80 Å². The van der Waals surface area contributed by atoms with E-state index in [2.05, 4.69) is 0 Å². The Bertz CT molecular complexity index is 367. The molecular formula is C11H17N3O3. The van der Waals surface area contributed by atoms with Gasteiger partial charge in [0.25, 0.3) is 0 Å². The second kappa shape index (κ2) is 4.01. The minimum absolute atomic E-state index is 0.0109. The smallest absolute Gasteiger partial charge is 0.237 e. The molecule has 2 heterocycles. The van der Waals surface area contributed by atoms with Crippen LogP contribution in [-0.4, -0.2) is 53.7 Å². The highest BCUT2D eigenvalue weighted by molar-refractivity contribution is 5.92. The van der Waals surface area contributed by atoms with Crippen LogP contribution in [0.2, 0.25) is 0 Å². The molecule has 0 aromatic carbocycles. The van der Waals surface area contributed by atoms with Crippen LogP contribution < -0.4 is 5.73 Å². The highest BCUT2D eigenvalue weighted by Crippen LogP contribution is 2.41. The van der Waals surface area contributed by atoms with Crippen molar-refractivity contribution < 1.29 is 14.4 Å². The Balaban J connectivity index is 1.91.